The highest BCUT2D eigenvalue weighted by Crippen LogP contribution is 2.36. The van der Waals surface area contributed by atoms with Gasteiger partial charge in [0.2, 0.25) is 0 Å². The monoisotopic (exact) mass is 1180 g/mol. The number of nitrogens with zero attached hydrogens (tertiary/aromatic N) is 6. The van der Waals surface area contributed by atoms with E-state index in [9.17, 15) is 45.5 Å². The molecule has 8 rings (SSSR count). The molecule has 4 amide bonds. The van der Waals surface area contributed by atoms with Crippen LogP contribution in [0.4, 0.5) is 35.9 Å². The van der Waals surface area contributed by atoms with Gasteiger partial charge in [0.15, 0.2) is 0 Å². The summed E-state index contributed by atoms with van der Waals surface area (Å²) in [5, 5.41) is 7.00. The molecule has 0 unspecified atom stereocenters. The fourth-order valence-electron chi connectivity index (χ4n) is 10.5. The maximum atomic E-state index is 13.0. The lowest BCUT2D eigenvalue weighted by Crippen LogP contribution is -2.65. The molecule has 84 heavy (non-hydrogen) atoms. The van der Waals surface area contributed by atoms with Gasteiger partial charge in [-0.15, -0.1) is 0 Å². The van der Waals surface area contributed by atoms with E-state index in [1.54, 1.807) is 39.5 Å². The number of hydrogen-bond donors (Lipinski definition) is 2. The molecule has 4 aliphatic rings. The smallest absolute Gasteiger partial charge is 0.444 e. The summed E-state index contributed by atoms with van der Waals surface area (Å²) < 4.78 is 86.9. The maximum absolute atomic E-state index is 13.0. The lowest BCUT2D eigenvalue weighted by molar-refractivity contribution is -0.193. The van der Waals surface area contributed by atoms with Gasteiger partial charge in [-0.25, -0.2) is 9.59 Å². The number of likely N-dealkylation sites (tertiary alicyclic amines) is 4. The second-order valence-corrected chi connectivity index (χ2v) is 25.1. The van der Waals surface area contributed by atoms with Crippen LogP contribution in [0.15, 0.2) is 121 Å². The fraction of sp³-hybridized carbons (Fsp3) is 0.562. The normalized spacial score (nSPS) is 16.5. The number of ether oxygens (including phenoxy) is 2. The van der Waals surface area contributed by atoms with Crippen LogP contribution in [0.25, 0.3) is 0 Å². The summed E-state index contributed by atoms with van der Waals surface area (Å²) in [6.45, 7) is 30.4. The van der Waals surface area contributed by atoms with E-state index in [1.165, 1.54) is 29.9 Å². The summed E-state index contributed by atoms with van der Waals surface area (Å²) >= 11 is 0. The van der Waals surface area contributed by atoms with Gasteiger partial charge in [0.05, 0.1) is 24.2 Å². The van der Waals surface area contributed by atoms with Crippen LogP contribution < -0.4 is 10.6 Å². The first-order valence-corrected chi connectivity index (χ1v) is 29.1. The number of benzene rings is 4. The summed E-state index contributed by atoms with van der Waals surface area (Å²) in [4.78, 5) is 56.0. The third kappa shape index (κ3) is 20.5. The second-order valence-electron chi connectivity index (χ2n) is 25.1. The molecule has 4 aliphatic heterocycles. The van der Waals surface area contributed by atoms with Crippen LogP contribution in [0, 0.1) is 0 Å². The molecule has 0 saturated carbocycles. The minimum Gasteiger partial charge on any atom is -0.444 e. The van der Waals surface area contributed by atoms with Gasteiger partial charge in [-0.3, -0.25) is 19.4 Å². The molecule has 14 nitrogen and oxygen atoms in total. The van der Waals surface area contributed by atoms with Crippen LogP contribution in [0.3, 0.4) is 0 Å². The Morgan fingerprint density at radius 1 is 0.429 bits per heavy atom. The molecule has 4 saturated heterocycles. The standard InChI is InChI=1S/C21H23F3N2O.C19H24N2.C13H21F3N2O3.C11H22N2O2/c1-15(2)26(20(27)21(22,23)24)18-13-25(14-18)19(16-9-5-3-6-10-16)17-11-7-4-8-12-17;1-15(2)20-18-13-21(14-18)19(16-9-5-3-6-10-16)17-11-7-4-8-12-17;1-8(2)18(10(19)13(14,15)16)9-6-17(7-9)11(20)21-12(3,4)5;1-8(2)12-9-6-13(7-9)10(14)15-11(3,4)5/h3-12,15,18-19H,13-14H2,1-2H3;3-12,15,18-20H,13-14H2,1-2H3;8-9H,6-7H2,1-5H3;8-9,12H,6-7H2,1-5H3. The van der Waals surface area contributed by atoms with Crippen molar-refractivity contribution in [1.82, 2.24) is 40.0 Å². The van der Waals surface area contributed by atoms with Crippen molar-refractivity contribution in [1.29, 1.82) is 0 Å². The summed E-state index contributed by atoms with van der Waals surface area (Å²) in [6.07, 6.45) is -10.5. The van der Waals surface area contributed by atoms with Crippen molar-refractivity contribution in [2.24, 2.45) is 0 Å². The Balaban J connectivity index is 0.000000209. The van der Waals surface area contributed by atoms with Crippen LogP contribution in [0.1, 0.15) is 131 Å². The number of rotatable bonds is 14. The molecule has 464 valence electrons. The molecule has 2 N–H and O–H groups in total. The van der Waals surface area contributed by atoms with Crippen LogP contribution in [-0.2, 0) is 19.1 Å². The third-order valence-electron chi connectivity index (χ3n) is 14.0. The topological polar surface area (TPSA) is 130 Å². The zero-order valence-corrected chi connectivity index (χ0v) is 51.4. The number of hydrogen-bond acceptors (Lipinski definition) is 10. The van der Waals surface area contributed by atoms with E-state index in [1.807, 2.05) is 81.4 Å². The minimum atomic E-state index is -4.91. The SMILES string of the molecule is CC(C)N(C(=O)C(F)(F)F)C1CN(C(=O)OC(C)(C)C)C1.CC(C)N(C(=O)C(F)(F)F)C1CN(C(c2ccccc2)c2ccccc2)C1.CC(C)NC1CN(C(=O)OC(C)(C)C)C1.CC(C)NC1CN(C(c2ccccc2)c2ccccc2)C1. The van der Waals surface area contributed by atoms with E-state index in [2.05, 4.69) is 109 Å². The number of halogens is 6. The first-order chi connectivity index (χ1) is 39.1. The number of alkyl halides is 6. The van der Waals surface area contributed by atoms with Gasteiger partial charge in [0, 0.05) is 88.6 Å². The molecule has 0 spiro atoms. The molecule has 0 aliphatic carbocycles. The minimum absolute atomic E-state index is 0.0429. The highest BCUT2D eigenvalue weighted by molar-refractivity contribution is 5.83. The molecule has 4 aromatic rings. The summed E-state index contributed by atoms with van der Waals surface area (Å²) in [7, 11) is 0. The molecule has 0 radical (unpaired) electrons. The van der Waals surface area contributed by atoms with E-state index >= 15 is 0 Å². The fourth-order valence-corrected chi connectivity index (χ4v) is 10.5. The van der Waals surface area contributed by atoms with Crippen LogP contribution in [0.5, 0.6) is 0 Å². The molecular weight excluding hydrogens is 1090 g/mol. The molecule has 0 bridgehead atoms. The van der Waals surface area contributed by atoms with Gasteiger partial charge in [-0.1, -0.05) is 149 Å². The van der Waals surface area contributed by atoms with Crippen molar-refractivity contribution in [3.05, 3.63) is 144 Å². The summed E-state index contributed by atoms with van der Waals surface area (Å²) in [5.41, 5.74) is 3.87. The Labute approximate surface area is 494 Å². The first kappa shape index (κ1) is 68.6. The average molecular weight is 1180 g/mol. The van der Waals surface area contributed by atoms with Gasteiger partial charge in [-0.05, 0) is 91.5 Å². The number of carbonyl (C=O) groups excluding carboxylic acids is 4. The van der Waals surface area contributed by atoms with Crippen LogP contribution in [-0.4, -0.2) is 178 Å². The molecule has 20 heteroatoms. The molecule has 4 heterocycles. The predicted octanol–water partition coefficient (Wildman–Crippen LogP) is 11.7. The van der Waals surface area contributed by atoms with E-state index in [4.69, 9.17) is 9.47 Å². The first-order valence-electron chi connectivity index (χ1n) is 29.1. The maximum Gasteiger partial charge on any atom is 0.471 e. The van der Waals surface area contributed by atoms with Gasteiger partial charge >= 0.3 is 36.4 Å². The Bertz CT molecular complexity index is 2570. The lowest BCUT2D eigenvalue weighted by Gasteiger charge is -2.50. The largest absolute Gasteiger partial charge is 0.471 e. The quantitative estimate of drug-likeness (QED) is 0.118. The molecule has 4 aromatic carbocycles. The summed E-state index contributed by atoms with van der Waals surface area (Å²) in [5.74, 6) is -3.62. The van der Waals surface area contributed by atoms with Gasteiger partial charge in [0.1, 0.15) is 11.2 Å². The third-order valence-corrected chi connectivity index (χ3v) is 14.0. The van der Waals surface area contributed by atoms with E-state index in [-0.39, 0.29) is 25.2 Å². The van der Waals surface area contributed by atoms with Crippen molar-refractivity contribution in [2.75, 3.05) is 52.4 Å². The van der Waals surface area contributed by atoms with E-state index in [0.29, 0.717) is 43.3 Å². The lowest BCUT2D eigenvalue weighted by atomic mass is 9.92. The zero-order chi connectivity index (χ0) is 62.5. The molecular formula is C64H90F6N8O6. The molecule has 0 aromatic heterocycles. The molecule has 4 fully saturated rings. The predicted molar refractivity (Wildman–Crippen MR) is 316 cm³/mol. The Kier molecular flexibility index (Phi) is 24.3. The van der Waals surface area contributed by atoms with Crippen molar-refractivity contribution < 1.29 is 55.0 Å². The van der Waals surface area contributed by atoms with Gasteiger partial charge in [-0.2, -0.15) is 26.3 Å². The average Bonchev–Trinajstić information content (AvgIpc) is 2.72. The van der Waals surface area contributed by atoms with Crippen molar-refractivity contribution >= 4 is 24.0 Å². The highest BCUT2D eigenvalue weighted by atomic mass is 19.4. The molecule has 0 atom stereocenters. The highest BCUT2D eigenvalue weighted by Gasteiger charge is 2.50. The van der Waals surface area contributed by atoms with Crippen LogP contribution in [0.2, 0.25) is 0 Å². The summed E-state index contributed by atoms with van der Waals surface area (Å²) in [6, 6.07) is 41.7. The van der Waals surface area contributed by atoms with Gasteiger partial charge < -0.3 is 39.7 Å². The Morgan fingerprint density at radius 3 is 0.952 bits per heavy atom. The van der Waals surface area contributed by atoms with E-state index < -0.39 is 65.6 Å². The van der Waals surface area contributed by atoms with Crippen molar-refractivity contribution in [3.63, 3.8) is 0 Å². The number of amides is 4. The number of carbonyl (C=O) groups is 4. The van der Waals surface area contributed by atoms with Crippen molar-refractivity contribution in [3.8, 4) is 0 Å². The Hall–Kier alpha value is -6.22. The van der Waals surface area contributed by atoms with E-state index in [0.717, 1.165) is 47.1 Å². The van der Waals surface area contributed by atoms with Crippen LogP contribution >= 0.6 is 0 Å². The number of nitrogens with one attached hydrogen (secondary N) is 2. The van der Waals surface area contributed by atoms with Crippen molar-refractivity contribution in [2.45, 2.75) is 181 Å². The second kappa shape index (κ2) is 29.7. The Morgan fingerprint density at radius 2 is 0.690 bits per heavy atom. The van der Waals surface area contributed by atoms with Gasteiger partial charge in [0.25, 0.3) is 0 Å². The zero-order valence-electron chi connectivity index (χ0n) is 51.4.